The number of nitrogens with zero attached hydrogens (tertiary/aromatic N) is 1. The zero-order valence-corrected chi connectivity index (χ0v) is 12.0. The van der Waals surface area contributed by atoms with E-state index in [1.165, 1.54) is 4.31 Å². The molecule has 1 aromatic carbocycles. The highest BCUT2D eigenvalue weighted by atomic mass is 32.2. The Morgan fingerprint density at radius 3 is 2.68 bits per heavy atom. The number of anilines is 1. The lowest BCUT2D eigenvalue weighted by Crippen LogP contribution is -2.45. The molecule has 2 unspecified atom stereocenters. The third kappa shape index (κ3) is 2.61. The van der Waals surface area contributed by atoms with Crippen molar-refractivity contribution in [3.05, 3.63) is 23.8 Å². The van der Waals surface area contributed by atoms with Crippen molar-refractivity contribution in [2.45, 2.75) is 31.3 Å². The van der Waals surface area contributed by atoms with E-state index < -0.39 is 16.1 Å². The topological polar surface area (TPSA) is 83.6 Å². The molecule has 1 aliphatic rings. The fourth-order valence-corrected chi connectivity index (χ4v) is 4.35. The van der Waals surface area contributed by atoms with Gasteiger partial charge in [-0.25, -0.2) is 8.42 Å². The van der Waals surface area contributed by atoms with Gasteiger partial charge in [0.25, 0.3) is 0 Å². The van der Waals surface area contributed by atoms with Crippen LogP contribution >= 0.6 is 0 Å². The quantitative estimate of drug-likeness (QED) is 0.793. The number of aryl methyl sites for hydroxylation is 1. The molecule has 5 nitrogen and oxygen atoms in total. The van der Waals surface area contributed by atoms with E-state index in [1.807, 2.05) is 6.92 Å². The molecule has 0 bridgehead atoms. The zero-order valence-electron chi connectivity index (χ0n) is 11.2. The molecule has 0 aliphatic carbocycles. The van der Waals surface area contributed by atoms with Gasteiger partial charge >= 0.3 is 0 Å². The molecule has 0 aromatic heterocycles. The standard InChI is InChI=1S/C13H20N2O3S/c1-9-4-3-5-11(14)13(9)19(17,18)15-7-6-12(16)10(2)8-15/h3-5,10,12,16H,6-8,14H2,1-2H3. The maximum atomic E-state index is 12.6. The number of nitrogen functional groups attached to an aromatic ring is 1. The number of aliphatic hydroxyl groups excluding tert-OH is 1. The number of piperidine rings is 1. The Kier molecular flexibility index (Phi) is 3.85. The van der Waals surface area contributed by atoms with E-state index in [1.54, 1.807) is 25.1 Å². The number of benzene rings is 1. The molecule has 1 aromatic rings. The Morgan fingerprint density at radius 2 is 2.11 bits per heavy atom. The summed E-state index contributed by atoms with van der Waals surface area (Å²) in [5.41, 5.74) is 6.75. The van der Waals surface area contributed by atoms with Gasteiger partial charge < -0.3 is 10.8 Å². The molecule has 0 spiro atoms. The molecule has 0 saturated carbocycles. The molecule has 1 aliphatic heterocycles. The SMILES string of the molecule is Cc1cccc(N)c1S(=O)(=O)N1CCC(O)C(C)C1. The number of sulfonamides is 1. The minimum atomic E-state index is -3.58. The van der Waals surface area contributed by atoms with Crippen molar-refractivity contribution >= 4 is 15.7 Å². The van der Waals surface area contributed by atoms with Crippen molar-refractivity contribution in [2.75, 3.05) is 18.8 Å². The van der Waals surface area contributed by atoms with Gasteiger partial charge in [-0.2, -0.15) is 4.31 Å². The number of hydrogen-bond acceptors (Lipinski definition) is 4. The first-order chi connectivity index (χ1) is 8.84. The second-order valence-corrected chi connectivity index (χ2v) is 7.06. The maximum Gasteiger partial charge on any atom is 0.245 e. The lowest BCUT2D eigenvalue weighted by Gasteiger charge is -2.34. The summed E-state index contributed by atoms with van der Waals surface area (Å²) >= 11 is 0. The Bertz CT molecular complexity index is 551. The third-order valence-electron chi connectivity index (χ3n) is 3.66. The van der Waals surface area contributed by atoms with Gasteiger partial charge in [0, 0.05) is 13.1 Å². The highest BCUT2D eigenvalue weighted by Crippen LogP contribution is 2.29. The summed E-state index contributed by atoms with van der Waals surface area (Å²) in [6, 6.07) is 5.08. The predicted octanol–water partition coefficient (Wildman–Crippen LogP) is 0.969. The molecular weight excluding hydrogens is 264 g/mol. The summed E-state index contributed by atoms with van der Waals surface area (Å²) in [6.45, 7) is 4.26. The molecule has 3 N–H and O–H groups in total. The lowest BCUT2D eigenvalue weighted by atomic mass is 9.99. The van der Waals surface area contributed by atoms with Crippen LogP contribution in [-0.4, -0.2) is 37.0 Å². The van der Waals surface area contributed by atoms with Crippen LogP contribution in [0.5, 0.6) is 0 Å². The van der Waals surface area contributed by atoms with Gasteiger partial charge in [-0.05, 0) is 30.9 Å². The minimum absolute atomic E-state index is 0.0613. The average Bonchev–Trinajstić information content (AvgIpc) is 2.32. The van der Waals surface area contributed by atoms with Crippen LogP contribution in [0.25, 0.3) is 0 Å². The van der Waals surface area contributed by atoms with Crippen LogP contribution in [0.1, 0.15) is 18.9 Å². The van der Waals surface area contributed by atoms with Crippen LogP contribution < -0.4 is 5.73 Å². The van der Waals surface area contributed by atoms with Gasteiger partial charge in [-0.15, -0.1) is 0 Å². The van der Waals surface area contributed by atoms with Crippen molar-refractivity contribution in [1.29, 1.82) is 0 Å². The fraction of sp³-hybridized carbons (Fsp3) is 0.538. The third-order valence-corrected chi connectivity index (χ3v) is 5.75. The predicted molar refractivity (Wildman–Crippen MR) is 74.1 cm³/mol. The first kappa shape index (κ1) is 14.3. The Balaban J connectivity index is 2.38. The van der Waals surface area contributed by atoms with Crippen LogP contribution in [-0.2, 0) is 10.0 Å². The van der Waals surface area contributed by atoms with E-state index in [-0.39, 0.29) is 16.5 Å². The van der Waals surface area contributed by atoms with Crippen LogP contribution in [0.3, 0.4) is 0 Å². The molecule has 0 radical (unpaired) electrons. The molecular formula is C13H20N2O3S. The van der Waals surface area contributed by atoms with Crippen molar-refractivity contribution in [3.63, 3.8) is 0 Å². The van der Waals surface area contributed by atoms with E-state index >= 15 is 0 Å². The molecule has 1 fully saturated rings. The normalized spacial score (nSPS) is 25.4. The van der Waals surface area contributed by atoms with E-state index in [4.69, 9.17) is 5.73 Å². The minimum Gasteiger partial charge on any atom is -0.398 e. The Morgan fingerprint density at radius 1 is 1.42 bits per heavy atom. The van der Waals surface area contributed by atoms with E-state index in [9.17, 15) is 13.5 Å². The molecule has 106 valence electrons. The summed E-state index contributed by atoms with van der Waals surface area (Å²) in [5, 5.41) is 9.69. The van der Waals surface area contributed by atoms with E-state index in [0.717, 1.165) is 0 Å². The molecule has 2 rings (SSSR count). The largest absolute Gasteiger partial charge is 0.398 e. The van der Waals surface area contributed by atoms with Crippen LogP contribution in [0.15, 0.2) is 23.1 Å². The molecule has 6 heteroatoms. The number of hydrogen-bond donors (Lipinski definition) is 2. The fourth-order valence-electron chi connectivity index (χ4n) is 2.47. The summed E-state index contributed by atoms with van der Waals surface area (Å²) in [6.07, 6.45) is 0.0345. The monoisotopic (exact) mass is 284 g/mol. The van der Waals surface area contributed by atoms with Gasteiger partial charge in [0.15, 0.2) is 0 Å². The smallest absolute Gasteiger partial charge is 0.245 e. The van der Waals surface area contributed by atoms with Crippen LogP contribution in [0.2, 0.25) is 0 Å². The summed E-state index contributed by atoms with van der Waals surface area (Å²) < 4.78 is 26.7. The van der Waals surface area contributed by atoms with Crippen LogP contribution in [0, 0.1) is 12.8 Å². The summed E-state index contributed by atoms with van der Waals surface area (Å²) in [4.78, 5) is 0.193. The van der Waals surface area contributed by atoms with E-state index in [0.29, 0.717) is 25.1 Å². The Hall–Kier alpha value is -1.11. The number of nitrogens with two attached hydrogens (primary N) is 1. The average molecular weight is 284 g/mol. The van der Waals surface area contributed by atoms with Crippen molar-refractivity contribution < 1.29 is 13.5 Å². The lowest BCUT2D eigenvalue weighted by molar-refractivity contribution is 0.0629. The van der Waals surface area contributed by atoms with Crippen LogP contribution in [0.4, 0.5) is 5.69 Å². The highest BCUT2D eigenvalue weighted by molar-refractivity contribution is 7.89. The summed E-state index contributed by atoms with van der Waals surface area (Å²) in [7, 11) is -3.58. The maximum absolute atomic E-state index is 12.6. The van der Waals surface area contributed by atoms with Gasteiger partial charge in [0.2, 0.25) is 10.0 Å². The number of rotatable bonds is 2. The first-order valence-electron chi connectivity index (χ1n) is 6.37. The van der Waals surface area contributed by atoms with Gasteiger partial charge in [-0.3, -0.25) is 0 Å². The molecule has 2 atom stereocenters. The molecule has 0 amide bonds. The van der Waals surface area contributed by atoms with E-state index in [2.05, 4.69) is 0 Å². The first-order valence-corrected chi connectivity index (χ1v) is 7.81. The number of aliphatic hydroxyl groups is 1. The second kappa shape index (κ2) is 5.11. The summed E-state index contributed by atoms with van der Waals surface area (Å²) in [5.74, 6) is -0.0613. The molecule has 19 heavy (non-hydrogen) atoms. The van der Waals surface area contributed by atoms with Crippen molar-refractivity contribution in [1.82, 2.24) is 4.31 Å². The van der Waals surface area contributed by atoms with Crippen molar-refractivity contribution in [3.8, 4) is 0 Å². The van der Waals surface area contributed by atoms with Gasteiger partial charge in [-0.1, -0.05) is 19.1 Å². The second-order valence-electron chi connectivity index (χ2n) is 5.19. The molecule has 1 saturated heterocycles. The highest BCUT2D eigenvalue weighted by Gasteiger charge is 2.34. The van der Waals surface area contributed by atoms with Gasteiger partial charge in [0.05, 0.1) is 11.8 Å². The van der Waals surface area contributed by atoms with Gasteiger partial charge in [0.1, 0.15) is 4.90 Å². The molecule has 1 heterocycles. The Labute approximate surface area is 114 Å². The van der Waals surface area contributed by atoms with Crippen molar-refractivity contribution in [2.24, 2.45) is 5.92 Å². The zero-order chi connectivity index (χ0) is 14.2.